The maximum atomic E-state index is 13.6. The molecule has 2 unspecified atom stereocenters. The Kier molecular flexibility index (Phi) is 6.66. The van der Waals surface area contributed by atoms with E-state index in [0.29, 0.717) is 13.1 Å². The molecule has 2 heterocycles. The molecule has 1 aromatic heterocycles. The molecule has 1 aromatic carbocycles. The van der Waals surface area contributed by atoms with Crippen molar-refractivity contribution in [2.45, 2.75) is 38.5 Å². The molecular formula is C20H26FNO4. The summed E-state index contributed by atoms with van der Waals surface area (Å²) >= 11 is 0. The molecule has 142 valence electrons. The molecule has 1 aliphatic rings. The molecule has 0 spiro atoms. The zero-order chi connectivity index (χ0) is 18.4. The predicted octanol–water partition coefficient (Wildman–Crippen LogP) is 3.15. The first-order chi connectivity index (χ1) is 12.6. The Hall–Kier alpha value is -1.89. The van der Waals surface area contributed by atoms with Crippen LogP contribution in [0.5, 0.6) is 5.75 Å². The number of hydrogen-bond acceptors (Lipinski definition) is 5. The summed E-state index contributed by atoms with van der Waals surface area (Å²) in [5.74, 6) is 1.43. The molecule has 0 radical (unpaired) electrons. The first-order valence-electron chi connectivity index (χ1n) is 9.05. The predicted molar refractivity (Wildman–Crippen MR) is 95.6 cm³/mol. The summed E-state index contributed by atoms with van der Waals surface area (Å²) in [6.45, 7) is 4.43. The summed E-state index contributed by atoms with van der Waals surface area (Å²) in [4.78, 5) is 2.10. The van der Waals surface area contributed by atoms with Gasteiger partial charge >= 0.3 is 0 Å². The Balaban J connectivity index is 1.55. The quantitative estimate of drug-likeness (QED) is 0.742. The van der Waals surface area contributed by atoms with Gasteiger partial charge < -0.3 is 19.0 Å². The standard InChI is InChI=1S/C20H26FNO4/c1-15-8-9-18(26-15)13-22(12-17-5-4-10-24-17)11-16(23)14-25-20-7-3-2-6-19(20)21/h2-3,6-9,16-17,23H,4-5,10-14H2,1H3. The summed E-state index contributed by atoms with van der Waals surface area (Å²) in [5, 5.41) is 10.4. The number of ether oxygens (including phenoxy) is 2. The van der Waals surface area contributed by atoms with E-state index >= 15 is 0 Å². The van der Waals surface area contributed by atoms with Gasteiger partial charge in [-0.25, -0.2) is 4.39 Å². The number of benzene rings is 1. The third-order valence-electron chi connectivity index (χ3n) is 4.40. The fourth-order valence-corrected chi connectivity index (χ4v) is 3.17. The normalized spacial score (nSPS) is 18.4. The van der Waals surface area contributed by atoms with Crippen molar-refractivity contribution in [1.29, 1.82) is 0 Å². The van der Waals surface area contributed by atoms with E-state index in [1.165, 1.54) is 6.07 Å². The average Bonchev–Trinajstić information content (AvgIpc) is 3.26. The van der Waals surface area contributed by atoms with E-state index < -0.39 is 11.9 Å². The molecule has 0 bridgehead atoms. The Morgan fingerprint density at radius 3 is 2.85 bits per heavy atom. The van der Waals surface area contributed by atoms with Crippen LogP contribution in [-0.4, -0.2) is 48.5 Å². The highest BCUT2D eigenvalue weighted by Gasteiger charge is 2.22. The second kappa shape index (κ2) is 9.16. The van der Waals surface area contributed by atoms with E-state index in [2.05, 4.69) is 4.90 Å². The van der Waals surface area contributed by atoms with Gasteiger partial charge in [-0.3, -0.25) is 4.90 Å². The van der Waals surface area contributed by atoms with Crippen LogP contribution in [0.1, 0.15) is 24.4 Å². The van der Waals surface area contributed by atoms with Crippen LogP contribution < -0.4 is 4.74 Å². The number of aryl methyl sites for hydroxylation is 1. The summed E-state index contributed by atoms with van der Waals surface area (Å²) in [7, 11) is 0. The minimum atomic E-state index is -0.743. The van der Waals surface area contributed by atoms with E-state index in [1.807, 2.05) is 19.1 Å². The molecule has 1 aliphatic heterocycles. The van der Waals surface area contributed by atoms with Crippen molar-refractivity contribution in [3.8, 4) is 5.75 Å². The lowest BCUT2D eigenvalue weighted by molar-refractivity contribution is 0.0284. The van der Waals surface area contributed by atoms with Gasteiger partial charge in [0.05, 0.1) is 12.6 Å². The lowest BCUT2D eigenvalue weighted by atomic mass is 10.2. The van der Waals surface area contributed by atoms with E-state index in [1.54, 1.807) is 18.2 Å². The molecule has 3 rings (SSSR count). The van der Waals surface area contributed by atoms with Crippen LogP contribution in [0.4, 0.5) is 4.39 Å². The van der Waals surface area contributed by atoms with Crippen LogP contribution in [-0.2, 0) is 11.3 Å². The van der Waals surface area contributed by atoms with E-state index in [9.17, 15) is 9.50 Å². The maximum absolute atomic E-state index is 13.6. The smallest absolute Gasteiger partial charge is 0.165 e. The van der Waals surface area contributed by atoms with Crippen LogP contribution in [0, 0.1) is 12.7 Å². The summed E-state index contributed by atoms with van der Waals surface area (Å²) < 4.78 is 30.4. The first-order valence-corrected chi connectivity index (χ1v) is 9.05. The minimum Gasteiger partial charge on any atom is -0.488 e. The average molecular weight is 363 g/mol. The van der Waals surface area contributed by atoms with Crippen LogP contribution >= 0.6 is 0 Å². The third kappa shape index (κ3) is 5.56. The molecule has 0 saturated carbocycles. The number of nitrogens with zero attached hydrogens (tertiary/aromatic N) is 1. The number of hydrogen-bond donors (Lipinski definition) is 1. The van der Waals surface area contributed by atoms with Gasteiger partial charge in [0.2, 0.25) is 0 Å². The van der Waals surface area contributed by atoms with Crippen molar-refractivity contribution < 1.29 is 23.4 Å². The van der Waals surface area contributed by atoms with Crippen LogP contribution in [0.3, 0.4) is 0 Å². The van der Waals surface area contributed by atoms with Gasteiger partial charge in [-0.2, -0.15) is 0 Å². The van der Waals surface area contributed by atoms with Crippen LogP contribution in [0.2, 0.25) is 0 Å². The van der Waals surface area contributed by atoms with Crippen LogP contribution in [0.15, 0.2) is 40.8 Å². The van der Waals surface area contributed by atoms with Gasteiger partial charge in [-0.15, -0.1) is 0 Å². The van der Waals surface area contributed by atoms with Gasteiger partial charge in [0.1, 0.15) is 24.2 Å². The molecule has 1 N–H and O–H groups in total. The number of para-hydroxylation sites is 1. The lowest BCUT2D eigenvalue weighted by Crippen LogP contribution is -2.39. The minimum absolute atomic E-state index is 0.0279. The summed E-state index contributed by atoms with van der Waals surface area (Å²) in [6, 6.07) is 10.1. The number of furan rings is 1. The molecular weight excluding hydrogens is 337 g/mol. The molecule has 0 aliphatic carbocycles. The number of aliphatic hydroxyl groups is 1. The van der Waals surface area contributed by atoms with E-state index in [-0.39, 0.29) is 18.5 Å². The van der Waals surface area contributed by atoms with Crippen molar-refractivity contribution >= 4 is 0 Å². The van der Waals surface area contributed by atoms with Gasteiger partial charge in [-0.1, -0.05) is 12.1 Å². The fourth-order valence-electron chi connectivity index (χ4n) is 3.17. The second-order valence-corrected chi connectivity index (χ2v) is 6.74. The topological polar surface area (TPSA) is 55.1 Å². The van der Waals surface area contributed by atoms with Gasteiger partial charge in [-0.05, 0) is 44.0 Å². The van der Waals surface area contributed by atoms with Crippen LogP contribution in [0.25, 0.3) is 0 Å². The maximum Gasteiger partial charge on any atom is 0.165 e. The van der Waals surface area contributed by atoms with Crippen molar-refractivity contribution in [1.82, 2.24) is 4.90 Å². The van der Waals surface area contributed by atoms with E-state index in [4.69, 9.17) is 13.9 Å². The van der Waals surface area contributed by atoms with Crippen molar-refractivity contribution in [2.24, 2.45) is 0 Å². The molecule has 2 aromatic rings. The number of rotatable bonds is 9. The fraction of sp³-hybridized carbons (Fsp3) is 0.500. The Morgan fingerprint density at radius 1 is 1.31 bits per heavy atom. The molecule has 6 heteroatoms. The zero-order valence-corrected chi connectivity index (χ0v) is 15.1. The second-order valence-electron chi connectivity index (χ2n) is 6.74. The molecule has 5 nitrogen and oxygen atoms in total. The van der Waals surface area contributed by atoms with Crippen molar-refractivity contribution in [3.05, 3.63) is 53.7 Å². The highest BCUT2D eigenvalue weighted by Crippen LogP contribution is 2.18. The van der Waals surface area contributed by atoms with E-state index in [0.717, 1.165) is 37.5 Å². The molecule has 1 fully saturated rings. The van der Waals surface area contributed by atoms with Gasteiger partial charge in [0.15, 0.2) is 11.6 Å². The third-order valence-corrected chi connectivity index (χ3v) is 4.40. The Morgan fingerprint density at radius 2 is 2.15 bits per heavy atom. The Bertz CT molecular complexity index is 684. The first kappa shape index (κ1) is 18.9. The molecule has 1 saturated heterocycles. The zero-order valence-electron chi connectivity index (χ0n) is 15.1. The highest BCUT2D eigenvalue weighted by atomic mass is 19.1. The SMILES string of the molecule is Cc1ccc(CN(CC(O)COc2ccccc2F)CC2CCCO2)o1. The highest BCUT2D eigenvalue weighted by molar-refractivity contribution is 5.23. The Labute approximate surface area is 153 Å². The van der Waals surface area contributed by atoms with Crippen molar-refractivity contribution in [2.75, 3.05) is 26.3 Å². The largest absolute Gasteiger partial charge is 0.488 e. The summed E-state index contributed by atoms with van der Waals surface area (Å²) in [5.41, 5.74) is 0. The number of halogens is 1. The number of aliphatic hydroxyl groups excluding tert-OH is 1. The summed E-state index contributed by atoms with van der Waals surface area (Å²) in [6.07, 6.45) is 1.52. The molecule has 2 atom stereocenters. The van der Waals surface area contributed by atoms with Gasteiger partial charge in [0, 0.05) is 19.7 Å². The molecule has 0 amide bonds. The monoisotopic (exact) mass is 363 g/mol. The molecule has 26 heavy (non-hydrogen) atoms. The van der Waals surface area contributed by atoms with Crippen molar-refractivity contribution in [3.63, 3.8) is 0 Å². The lowest BCUT2D eigenvalue weighted by Gasteiger charge is -2.26. The van der Waals surface area contributed by atoms with Gasteiger partial charge in [0.25, 0.3) is 0 Å².